The molecule has 2 aromatic heterocycles. The fourth-order valence-corrected chi connectivity index (χ4v) is 3.89. The van der Waals surface area contributed by atoms with E-state index in [-0.39, 0.29) is 6.04 Å². The molecule has 5 heteroatoms. The van der Waals surface area contributed by atoms with Crippen LogP contribution in [0.1, 0.15) is 36.6 Å². The predicted octanol–water partition coefficient (Wildman–Crippen LogP) is 4.54. The van der Waals surface area contributed by atoms with Crippen molar-refractivity contribution >= 4 is 16.6 Å². The number of hydrogen-bond acceptors (Lipinski definition) is 5. The Morgan fingerprint density at radius 2 is 1.79 bits per heavy atom. The van der Waals surface area contributed by atoms with Crippen LogP contribution in [-0.2, 0) is 5.60 Å². The fraction of sp³-hybridized carbons (Fsp3) is 0.167. The van der Waals surface area contributed by atoms with Crippen molar-refractivity contribution in [2.75, 3.05) is 5.43 Å². The maximum Gasteiger partial charge on any atom is 0.0840 e. The van der Waals surface area contributed by atoms with Crippen molar-refractivity contribution in [3.05, 3.63) is 89.9 Å². The van der Waals surface area contributed by atoms with Gasteiger partial charge in [0.25, 0.3) is 0 Å². The van der Waals surface area contributed by atoms with Gasteiger partial charge in [-0.2, -0.15) is 0 Å². The highest BCUT2D eigenvalue weighted by atomic mass is 16.3. The molecular weight excluding hydrogens is 360 g/mol. The topological polar surface area (TPSA) is 70.1 Å². The van der Waals surface area contributed by atoms with Crippen molar-refractivity contribution in [2.45, 2.75) is 25.5 Å². The van der Waals surface area contributed by atoms with Crippen molar-refractivity contribution in [3.8, 4) is 11.1 Å². The van der Waals surface area contributed by atoms with Gasteiger partial charge in [-0.05, 0) is 48.7 Å². The molecule has 0 aliphatic carbocycles. The number of nitrogens with one attached hydrogen (secondary N) is 2. The summed E-state index contributed by atoms with van der Waals surface area (Å²) in [5.74, 6) is 0. The van der Waals surface area contributed by atoms with Gasteiger partial charge in [-0.15, -0.1) is 0 Å². The number of anilines is 1. The van der Waals surface area contributed by atoms with Crippen LogP contribution in [-0.4, -0.2) is 15.1 Å². The molecule has 0 amide bonds. The first-order valence-corrected chi connectivity index (χ1v) is 9.68. The van der Waals surface area contributed by atoms with Gasteiger partial charge in [0.2, 0.25) is 0 Å². The summed E-state index contributed by atoms with van der Waals surface area (Å²) in [4.78, 5) is 8.85. The molecule has 2 aromatic carbocycles. The van der Waals surface area contributed by atoms with E-state index in [1.165, 1.54) is 5.56 Å². The third kappa shape index (κ3) is 3.14. The van der Waals surface area contributed by atoms with E-state index in [4.69, 9.17) is 0 Å². The van der Waals surface area contributed by atoms with Crippen molar-refractivity contribution in [1.29, 1.82) is 0 Å². The Hall–Kier alpha value is -3.28. The quantitative estimate of drug-likeness (QED) is 0.485. The van der Waals surface area contributed by atoms with Gasteiger partial charge in [-0.1, -0.05) is 36.4 Å². The van der Waals surface area contributed by atoms with Crippen molar-refractivity contribution in [2.24, 2.45) is 0 Å². The monoisotopic (exact) mass is 382 g/mol. The SMILES string of the molecule is CC(C)(O)c1ccc(C2NNc3cnc4ccc(-c5cccnc5)cc4c32)cc1. The van der Waals surface area contributed by atoms with E-state index in [0.29, 0.717) is 0 Å². The molecule has 3 N–H and O–H groups in total. The Bertz CT molecular complexity index is 1180. The van der Waals surface area contributed by atoms with Crippen molar-refractivity contribution in [1.82, 2.24) is 15.4 Å². The second-order valence-electron chi connectivity index (χ2n) is 7.94. The van der Waals surface area contributed by atoms with Gasteiger partial charge in [-0.25, -0.2) is 5.43 Å². The largest absolute Gasteiger partial charge is 0.386 e. The number of aromatic nitrogens is 2. The summed E-state index contributed by atoms with van der Waals surface area (Å²) in [6.07, 6.45) is 5.53. The molecule has 0 spiro atoms. The van der Waals surface area contributed by atoms with Gasteiger partial charge in [0.15, 0.2) is 0 Å². The van der Waals surface area contributed by atoms with Crippen LogP contribution >= 0.6 is 0 Å². The van der Waals surface area contributed by atoms with Gasteiger partial charge in [-0.3, -0.25) is 9.97 Å². The van der Waals surface area contributed by atoms with Crippen molar-refractivity contribution < 1.29 is 5.11 Å². The van der Waals surface area contributed by atoms with E-state index in [2.05, 4.69) is 57.2 Å². The van der Waals surface area contributed by atoms with E-state index >= 15 is 0 Å². The molecule has 1 aliphatic heterocycles. The standard InChI is InChI=1S/C24H22N4O/c1-24(2,29)18-8-5-15(6-9-18)23-22-19-12-16(17-4-3-11-25-13-17)7-10-20(19)26-14-21(22)27-28-23/h3-14,23,27-29H,1-2H3. The second-order valence-corrected chi connectivity index (χ2v) is 7.94. The zero-order valence-corrected chi connectivity index (χ0v) is 16.3. The van der Waals surface area contributed by atoms with Crippen LogP contribution in [0.2, 0.25) is 0 Å². The summed E-state index contributed by atoms with van der Waals surface area (Å²) < 4.78 is 0. The molecule has 5 rings (SSSR count). The average molecular weight is 382 g/mol. The number of nitrogens with zero attached hydrogens (tertiary/aromatic N) is 2. The molecule has 3 heterocycles. The zero-order chi connectivity index (χ0) is 20.0. The third-order valence-electron chi connectivity index (χ3n) is 5.49. The predicted molar refractivity (Wildman–Crippen MR) is 115 cm³/mol. The van der Waals surface area contributed by atoms with Crippen LogP contribution in [0, 0.1) is 0 Å². The molecule has 1 aliphatic rings. The van der Waals surface area contributed by atoms with Gasteiger partial charge in [0.05, 0.1) is 29.0 Å². The molecule has 144 valence electrons. The first kappa shape index (κ1) is 17.8. The van der Waals surface area contributed by atoms with E-state index in [9.17, 15) is 5.11 Å². The lowest BCUT2D eigenvalue weighted by molar-refractivity contribution is 0.0786. The molecule has 5 nitrogen and oxygen atoms in total. The summed E-state index contributed by atoms with van der Waals surface area (Å²) in [5, 5.41) is 11.4. The van der Waals surface area contributed by atoms with Crippen LogP contribution in [0.15, 0.2) is 73.2 Å². The Kier molecular flexibility index (Phi) is 4.08. The molecule has 0 fully saturated rings. The third-order valence-corrected chi connectivity index (χ3v) is 5.49. The molecule has 0 bridgehead atoms. The zero-order valence-electron chi connectivity index (χ0n) is 16.3. The Labute approximate surface area is 169 Å². The maximum absolute atomic E-state index is 10.2. The van der Waals surface area contributed by atoms with Crippen LogP contribution in [0.3, 0.4) is 0 Å². The Balaban J connectivity index is 1.62. The average Bonchev–Trinajstić information content (AvgIpc) is 3.18. The van der Waals surface area contributed by atoms with Gasteiger partial charge < -0.3 is 10.5 Å². The molecule has 0 radical (unpaired) electrons. The summed E-state index contributed by atoms with van der Waals surface area (Å²) >= 11 is 0. The lowest BCUT2D eigenvalue weighted by Gasteiger charge is -2.19. The number of fused-ring (bicyclic) bond motifs is 3. The number of rotatable bonds is 3. The fourth-order valence-electron chi connectivity index (χ4n) is 3.89. The highest BCUT2D eigenvalue weighted by molar-refractivity contribution is 5.92. The van der Waals surface area contributed by atoms with E-state index in [1.807, 2.05) is 30.6 Å². The van der Waals surface area contributed by atoms with Crippen LogP contribution in [0.4, 0.5) is 5.69 Å². The summed E-state index contributed by atoms with van der Waals surface area (Å²) in [6, 6.07) is 18.4. The van der Waals surface area contributed by atoms with Crippen LogP contribution in [0.5, 0.6) is 0 Å². The van der Waals surface area contributed by atoms with E-state index in [1.54, 1.807) is 20.0 Å². The van der Waals surface area contributed by atoms with Gasteiger partial charge >= 0.3 is 0 Å². The highest BCUT2D eigenvalue weighted by Crippen LogP contribution is 2.39. The second kappa shape index (κ2) is 6.65. The summed E-state index contributed by atoms with van der Waals surface area (Å²) in [7, 11) is 0. The summed E-state index contributed by atoms with van der Waals surface area (Å²) in [6.45, 7) is 3.59. The molecule has 0 saturated heterocycles. The highest BCUT2D eigenvalue weighted by Gasteiger charge is 2.27. The lowest BCUT2D eigenvalue weighted by atomic mass is 9.92. The van der Waals surface area contributed by atoms with Gasteiger partial charge in [0.1, 0.15) is 0 Å². The number of hydrogen-bond donors (Lipinski definition) is 3. The maximum atomic E-state index is 10.2. The van der Waals surface area contributed by atoms with E-state index in [0.717, 1.165) is 38.8 Å². The van der Waals surface area contributed by atoms with E-state index < -0.39 is 5.60 Å². The number of benzene rings is 2. The Morgan fingerprint density at radius 3 is 2.52 bits per heavy atom. The minimum absolute atomic E-state index is 0.00416. The number of hydrazine groups is 1. The normalized spacial score (nSPS) is 15.9. The van der Waals surface area contributed by atoms with Crippen LogP contribution < -0.4 is 10.9 Å². The first-order chi connectivity index (χ1) is 14.0. The first-order valence-electron chi connectivity index (χ1n) is 9.68. The lowest BCUT2D eigenvalue weighted by Crippen LogP contribution is -2.20. The molecular formula is C24H22N4O. The van der Waals surface area contributed by atoms with Crippen molar-refractivity contribution in [3.63, 3.8) is 0 Å². The van der Waals surface area contributed by atoms with Crippen LogP contribution in [0.25, 0.3) is 22.0 Å². The summed E-state index contributed by atoms with van der Waals surface area (Å²) in [5.41, 5.74) is 13.1. The smallest absolute Gasteiger partial charge is 0.0840 e. The Morgan fingerprint density at radius 1 is 0.966 bits per heavy atom. The number of aliphatic hydroxyl groups is 1. The molecule has 0 saturated carbocycles. The van der Waals surface area contributed by atoms with Gasteiger partial charge in [0, 0.05) is 28.9 Å². The minimum atomic E-state index is -0.854. The molecule has 1 atom stereocenters. The molecule has 1 unspecified atom stereocenters. The number of pyridine rings is 2. The minimum Gasteiger partial charge on any atom is -0.386 e. The molecule has 4 aromatic rings. The molecule has 29 heavy (non-hydrogen) atoms.